The van der Waals surface area contributed by atoms with E-state index in [1.807, 2.05) is 12.2 Å². The van der Waals surface area contributed by atoms with Crippen LogP contribution in [0.1, 0.15) is 0 Å². The maximum Gasteiger partial charge on any atom is -0.0184 e. The van der Waals surface area contributed by atoms with Gasteiger partial charge in [0.15, 0.2) is 0 Å². The molecule has 0 saturated carbocycles. The van der Waals surface area contributed by atoms with Gasteiger partial charge in [0.2, 0.25) is 0 Å². The molecule has 2 aliphatic carbocycles. The predicted octanol–water partition coefficient (Wildman–Crippen LogP) is 2.80. The van der Waals surface area contributed by atoms with E-state index in [0.29, 0.717) is 0 Å². The summed E-state index contributed by atoms with van der Waals surface area (Å²) in [4.78, 5) is 0. The fraction of sp³-hybridized carbons (Fsp3) is 0. The summed E-state index contributed by atoms with van der Waals surface area (Å²) in [5, 5.41) is 2.52. The Hall–Kier alpha value is -2.34. The Bertz CT molecular complexity index is 664. The van der Waals surface area contributed by atoms with Crippen molar-refractivity contribution in [2.75, 3.05) is 0 Å². The Morgan fingerprint density at radius 1 is 0.389 bits per heavy atom. The van der Waals surface area contributed by atoms with Crippen LogP contribution in [0.5, 0.6) is 0 Å². The number of benzene rings is 1. The van der Waals surface area contributed by atoms with E-state index >= 15 is 0 Å². The third-order valence-corrected chi connectivity index (χ3v) is 3.10. The highest BCUT2D eigenvalue weighted by Gasteiger charge is 1.94. The minimum Gasteiger partial charge on any atom is -0.0622 e. The first-order chi connectivity index (χ1) is 8.93. The van der Waals surface area contributed by atoms with Gasteiger partial charge in [0.1, 0.15) is 0 Å². The van der Waals surface area contributed by atoms with E-state index in [1.54, 1.807) is 0 Å². The van der Waals surface area contributed by atoms with E-state index in [-0.39, 0.29) is 0 Å². The van der Waals surface area contributed by atoms with Gasteiger partial charge in [0.05, 0.1) is 0 Å². The van der Waals surface area contributed by atoms with Gasteiger partial charge in [0.25, 0.3) is 0 Å². The van der Waals surface area contributed by atoms with E-state index < -0.39 is 0 Å². The minimum atomic E-state index is 1.24. The average molecular weight is 230 g/mol. The zero-order chi connectivity index (χ0) is 12.2. The third-order valence-electron chi connectivity index (χ3n) is 3.10. The normalized spacial score (nSPS) is 16.7. The Kier molecular flexibility index (Phi) is 2.93. The average Bonchev–Trinajstić information content (AvgIpc) is 2.82. The van der Waals surface area contributed by atoms with E-state index in [9.17, 15) is 0 Å². The number of hydrogen-bond donors (Lipinski definition) is 0. The molecule has 0 radical (unpaired) electrons. The molecule has 0 fully saturated rings. The van der Waals surface area contributed by atoms with Crippen LogP contribution in [0.4, 0.5) is 0 Å². The molecule has 2 aliphatic rings. The summed E-state index contributed by atoms with van der Waals surface area (Å²) >= 11 is 0. The summed E-state index contributed by atoms with van der Waals surface area (Å²) in [6.07, 6.45) is 20.9. The van der Waals surface area contributed by atoms with E-state index in [2.05, 4.69) is 72.9 Å². The fourth-order valence-corrected chi connectivity index (χ4v) is 2.12. The molecule has 1 aromatic rings. The summed E-state index contributed by atoms with van der Waals surface area (Å²) in [5.41, 5.74) is 2.52. The fourth-order valence-electron chi connectivity index (χ4n) is 2.12. The van der Waals surface area contributed by atoms with Gasteiger partial charge in [-0.1, -0.05) is 85.0 Å². The lowest BCUT2D eigenvalue weighted by Gasteiger charge is -1.95. The zero-order valence-electron chi connectivity index (χ0n) is 10.1. The molecular formula is C18H14. The van der Waals surface area contributed by atoms with E-state index in [4.69, 9.17) is 0 Å². The highest BCUT2D eigenvalue weighted by molar-refractivity contribution is 5.72. The molecule has 0 N–H and O–H groups in total. The molecule has 3 rings (SSSR count). The van der Waals surface area contributed by atoms with Crippen molar-refractivity contribution < 1.29 is 0 Å². The van der Waals surface area contributed by atoms with Crippen molar-refractivity contribution in [3.8, 4) is 0 Å². The molecule has 0 heteroatoms. The van der Waals surface area contributed by atoms with Crippen LogP contribution in [0, 0.1) is 0 Å². The van der Waals surface area contributed by atoms with Crippen LogP contribution >= 0.6 is 0 Å². The largest absolute Gasteiger partial charge is 0.0622 e. The molecule has 0 unspecified atom stereocenters. The standard InChI is InChI=1S/C18H14/c1-2-4-8-15(7-3-1)17-11-13-18(14-12-17)16-9-5-6-10-16/h1-14H. The molecule has 0 saturated heterocycles. The van der Waals surface area contributed by atoms with Crippen molar-refractivity contribution in [3.05, 3.63) is 95.5 Å². The quantitative estimate of drug-likeness (QED) is 0.643. The smallest absolute Gasteiger partial charge is 0.0184 e. The molecule has 18 heavy (non-hydrogen) atoms. The van der Waals surface area contributed by atoms with Crippen molar-refractivity contribution in [1.82, 2.24) is 0 Å². The molecular weight excluding hydrogens is 216 g/mol. The lowest BCUT2D eigenvalue weighted by molar-refractivity contribution is 1.52. The lowest BCUT2D eigenvalue weighted by atomic mass is 10.1. The van der Waals surface area contributed by atoms with Crippen LogP contribution in [0.15, 0.2) is 85.0 Å². The molecule has 0 spiro atoms. The molecule has 1 aromatic carbocycles. The van der Waals surface area contributed by atoms with Gasteiger partial charge in [-0.3, -0.25) is 0 Å². The lowest BCUT2D eigenvalue weighted by Crippen LogP contribution is -2.10. The van der Waals surface area contributed by atoms with Crippen molar-refractivity contribution >= 4 is 11.1 Å². The van der Waals surface area contributed by atoms with Gasteiger partial charge in [-0.05, 0) is 21.6 Å². The van der Waals surface area contributed by atoms with Gasteiger partial charge < -0.3 is 0 Å². The Labute approximate surface area is 107 Å². The summed E-state index contributed by atoms with van der Waals surface area (Å²) in [5.74, 6) is 0. The number of allylic oxidation sites excluding steroid dienone is 10. The Morgan fingerprint density at radius 3 is 1.11 bits per heavy atom. The molecule has 0 aliphatic heterocycles. The summed E-state index contributed by atoms with van der Waals surface area (Å²) < 4.78 is 0. The molecule has 0 bridgehead atoms. The second-order valence-corrected chi connectivity index (χ2v) is 4.31. The third kappa shape index (κ3) is 2.18. The van der Waals surface area contributed by atoms with Gasteiger partial charge >= 0.3 is 0 Å². The monoisotopic (exact) mass is 230 g/mol. The molecule has 86 valence electrons. The minimum absolute atomic E-state index is 1.24. The van der Waals surface area contributed by atoms with Gasteiger partial charge in [-0.15, -0.1) is 0 Å². The number of rotatable bonds is 0. The van der Waals surface area contributed by atoms with E-state index in [1.165, 1.54) is 21.6 Å². The first-order valence-electron chi connectivity index (χ1n) is 6.14. The summed E-state index contributed by atoms with van der Waals surface area (Å²) in [6, 6.07) is 8.71. The van der Waals surface area contributed by atoms with E-state index in [0.717, 1.165) is 0 Å². The van der Waals surface area contributed by atoms with Crippen LogP contribution in [-0.2, 0) is 0 Å². The Morgan fingerprint density at radius 2 is 0.722 bits per heavy atom. The predicted molar refractivity (Wildman–Crippen MR) is 78.2 cm³/mol. The maximum atomic E-state index is 2.18. The highest BCUT2D eigenvalue weighted by Crippen LogP contribution is 2.06. The van der Waals surface area contributed by atoms with Crippen LogP contribution < -0.4 is 10.4 Å². The summed E-state index contributed by atoms with van der Waals surface area (Å²) in [6.45, 7) is 0. The van der Waals surface area contributed by atoms with Crippen molar-refractivity contribution in [3.63, 3.8) is 0 Å². The molecule has 0 amide bonds. The highest BCUT2D eigenvalue weighted by atomic mass is 14.0. The molecule has 0 aromatic heterocycles. The van der Waals surface area contributed by atoms with Crippen LogP contribution in [0.3, 0.4) is 0 Å². The molecule has 0 atom stereocenters. The SMILES string of the molecule is C1=CC=CC(=c2ccc(=C3C=CC=C3)cc2)C=C1. The van der Waals surface area contributed by atoms with Crippen LogP contribution in [0.25, 0.3) is 11.1 Å². The second-order valence-electron chi connectivity index (χ2n) is 4.31. The second kappa shape index (κ2) is 4.89. The van der Waals surface area contributed by atoms with Crippen LogP contribution in [0.2, 0.25) is 0 Å². The Balaban J connectivity index is 2.12. The van der Waals surface area contributed by atoms with Crippen molar-refractivity contribution in [2.24, 2.45) is 0 Å². The first kappa shape index (κ1) is 10.8. The topological polar surface area (TPSA) is 0 Å². The van der Waals surface area contributed by atoms with Gasteiger partial charge in [-0.2, -0.15) is 0 Å². The summed E-state index contributed by atoms with van der Waals surface area (Å²) in [7, 11) is 0. The van der Waals surface area contributed by atoms with Crippen molar-refractivity contribution in [2.45, 2.75) is 0 Å². The molecule has 0 heterocycles. The van der Waals surface area contributed by atoms with Gasteiger partial charge in [-0.25, -0.2) is 0 Å². The number of hydrogen-bond acceptors (Lipinski definition) is 0. The molecule has 0 nitrogen and oxygen atoms in total. The van der Waals surface area contributed by atoms with Crippen LogP contribution in [-0.4, -0.2) is 0 Å². The first-order valence-corrected chi connectivity index (χ1v) is 6.14. The van der Waals surface area contributed by atoms with Crippen molar-refractivity contribution in [1.29, 1.82) is 0 Å². The maximum absolute atomic E-state index is 2.18. The zero-order valence-corrected chi connectivity index (χ0v) is 10.1. The van der Waals surface area contributed by atoms with Gasteiger partial charge in [0, 0.05) is 0 Å².